The normalized spacial score (nSPS) is 24.6. The van der Waals surface area contributed by atoms with Crippen LogP contribution in [-0.4, -0.2) is 66.6 Å². The van der Waals surface area contributed by atoms with Crippen LogP contribution in [0.4, 0.5) is 0 Å². The lowest BCUT2D eigenvalue weighted by Crippen LogP contribution is -2.41. The molecule has 0 unspecified atom stereocenters. The Morgan fingerprint density at radius 2 is 0.896 bits per heavy atom. The number of hydrogen-bond acceptors (Lipinski definition) is 8. The summed E-state index contributed by atoms with van der Waals surface area (Å²) in [5, 5.41) is 5.57. The van der Waals surface area contributed by atoms with Crippen molar-refractivity contribution < 1.29 is 37.5 Å². The van der Waals surface area contributed by atoms with Crippen molar-refractivity contribution in [2.75, 3.05) is 0 Å². The van der Waals surface area contributed by atoms with Crippen molar-refractivity contribution in [3.63, 3.8) is 0 Å². The van der Waals surface area contributed by atoms with E-state index >= 15 is 0 Å². The summed E-state index contributed by atoms with van der Waals surface area (Å²) in [6.45, 7) is 25.6. The van der Waals surface area contributed by atoms with E-state index in [0.717, 1.165) is 32.2 Å². The SMILES string of the molecule is CC1(C)OB(B2OC(C)(C)C(C)(C)O2)OC1(C)C.CC1(C)OB(c2ccc3c(c2)C(=O)NC3)OC1(C)C.O=C1NCc2ccc(Br)cc21. The lowest BCUT2D eigenvalue weighted by atomic mass is 9.49. The van der Waals surface area contributed by atoms with E-state index in [-0.39, 0.29) is 45.4 Å². The second kappa shape index (κ2) is 12.5. The predicted octanol–water partition coefficient (Wildman–Crippen LogP) is 5.17. The number of hydrogen-bond donors (Lipinski definition) is 2. The molecule has 0 aromatic heterocycles. The third-order valence-electron chi connectivity index (χ3n) is 10.9. The second-order valence-electron chi connectivity index (χ2n) is 15.9. The van der Waals surface area contributed by atoms with Crippen LogP contribution in [0.3, 0.4) is 0 Å². The summed E-state index contributed by atoms with van der Waals surface area (Å²) in [4.78, 5) is 22.8. The zero-order valence-electron chi connectivity index (χ0n) is 30.3. The van der Waals surface area contributed by atoms with Crippen LogP contribution in [0.5, 0.6) is 0 Å². The van der Waals surface area contributed by atoms with Crippen LogP contribution in [0.15, 0.2) is 40.9 Å². The fourth-order valence-corrected chi connectivity index (χ4v) is 5.90. The highest BCUT2D eigenvalue weighted by atomic mass is 79.9. The lowest BCUT2D eigenvalue weighted by Gasteiger charge is -2.32. The molecule has 14 heteroatoms. The Bertz CT molecular complexity index is 1510. The highest BCUT2D eigenvalue weighted by Gasteiger charge is 2.63. The number of benzene rings is 2. The molecule has 0 radical (unpaired) electrons. The van der Waals surface area contributed by atoms with Crippen LogP contribution in [-0.2, 0) is 41.0 Å². The first kappa shape index (κ1) is 37.1. The fourth-order valence-electron chi connectivity index (χ4n) is 5.54. The molecule has 258 valence electrons. The number of carbonyl (C=O) groups excluding carboxylic acids is 2. The van der Waals surface area contributed by atoms with Gasteiger partial charge in [-0.1, -0.05) is 34.1 Å². The Morgan fingerprint density at radius 3 is 1.31 bits per heavy atom. The maximum absolute atomic E-state index is 11.7. The number of amides is 2. The van der Waals surface area contributed by atoms with Gasteiger partial charge in [0, 0.05) is 28.7 Å². The average molecular weight is 725 g/mol. The monoisotopic (exact) mass is 724 g/mol. The molecule has 7 rings (SSSR count). The van der Waals surface area contributed by atoms with Crippen LogP contribution >= 0.6 is 15.9 Å². The summed E-state index contributed by atoms with van der Waals surface area (Å²) >= 11 is 3.31. The summed E-state index contributed by atoms with van der Waals surface area (Å²) in [6, 6.07) is 11.6. The van der Waals surface area contributed by atoms with Gasteiger partial charge in [0.2, 0.25) is 0 Å². The Hall–Kier alpha value is -2.19. The van der Waals surface area contributed by atoms with Crippen molar-refractivity contribution in [2.45, 2.75) is 130 Å². The molecule has 2 aromatic rings. The summed E-state index contributed by atoms with van der Waals surface area (Å²) in [5.41, 5.74) is 2.37. The zero-order chi connectivity index (χ0) is 35.7. The van der Waals surface area contributed by atoms with Crippen LogP contribution in [0.1, 0.15) is 115 Å². The highest BCUT2D eigenvalue weighted by Crippen LogP contribution is 2.43. The summed E-state index contributed by atoms with van der Waals surface area (Å²) in [5.74, 6) is 0.00895. The standard InChI is InChI=1S/C14H18BNO3.C12H24B2O4.C8H6BrNO/c1-13(2)14(3,4)19-15(18-13)10-6-5-9-8-16-12(17)11(9)7-10;1-9(2)10(3,4)16-13(15-9)14-17-11(5,6)12(7,8)18-14;9-6-2-1-5-4-10-8(11)7(5)3-6/h5-7H,8H2,1-4H3,(H,16,17);1-8H3;1-3H,4H2,(H,10,11). The van der Waals surface area contributed by atoms with Crippen LogP contribution < -0.4 is 16.1 Å². The van der Waals surface area contributed by atoms with Crippen molar-refractivity contribution in [1.82, 2.24) is 10.6 Å². The molecule has 2 N–H and O–H groups in total. The minimum atomic E-state index is -0.476. The van der Waals surface area contributed by atoms with Gasteiger partial charge in [-0.25, -0.2) is 0 Å². The van der Waals surface area contributed by atoms with Gasteiger partial charge >= 0.3 is 21.1 Å². The number of fused-ring (bicyclic) bond motifs is 2. The Labute approximate surface area is 294 Å². The first-order valence-corrected chi connectivity index (χ1v) is 17.3. The van der Waals surface area contributed by atoms with Gasteiger partial charge in [0.15, 0.2) is 0 Å². The van der Waals surface area contributed by atoms with Crippen LogP contribution in [0.2, 0.25) is 0 Å². The van der Waals surface area contributed by atoms with Crippen molar-refractivity contribution >= 4 is 54.3 Å². The Kier molecular flexibility index (Phi) is 9.69. The van der Waals surface area contributed by atoms with Gasteiger partial charge in [0.1, 0.15) is 0 Å². The number of rotatable bonds is 2. The maximum Gasteiger partial charge on any atom is 0.494 e. The van der Waals surface area contributed by atoms with Gasteiger partial charge in [0.25, 0.3) is 11.8 Å². The van der Waals surface area contributed by atoms with E-state index in [1.165, 1.54) is 0 Å². The minimum Gasteiger partial charge on any atom is -0.405 e. The fraction of sp³-hybridized carbons (Fsp3) is 0.588. The average Bonchev–Trinajstić information content (AvgIpc) is 3.69. The number of carbonyl (C=O) groups is 2. The summed E-state index contributed by atoms with van der Waals surface area (Å²) in [7, 11) is -1.37. The molecule has 2 amide bonds. The smallest absolute Gasteiger partial charge is 0.405 e. The van der Waals surface area contributed by atoms with Crippen molar-refractivity contribution in [3.8, 4) is 0 Å². The lowest BCUT2D eigenvalue weighted by molar-refractivity contribution is 0.00578. The van der Waals surface area contributed by atoms with E-state index in [9.17, 15) is 9.59 Å². The molecule has 5 aliphatic rings. The molecule has 48 heavy (non-hydrogen) atoms. The molecule has 0 spiro atoms. The van der Waals surface area contributed by atoms with E-state index in [4.69, 9.17) is 27.9 Å². The van der Waals surface area contributed by atoms with Crippen LogP contribution in [0.25, 0.3) is 0 Å². The van der Waals surface area contributed by atoms with Gasteiger partial charge < -0.3 is 38.6 Å². The van der Waals surface area contributed by atoms with Crippen molar-refractivity contribution in [2.24, 2.45) is 0 Å². The minimum absolute atomic E-state index is 0.0200. The molecule has 2 aromatic carbocycles. The summed E-state index contributed by atoms with van der Waals surface area (Å²) < 4.78 is 36.8. The van der Waals surface area contributed by atoms with Crippen molar-refractivity contribution in [3.05, 3.63) is 63.1 Å². The number of nitrogens with one attached hydrogen (secondary N) is 2. The largest absolute Gasteiger partial charge is 0.494 e. The van der Waals surface area contributed by atoms with E-state index in [2.05, 4.69) is 26.6 Å². The van der Waals surface area contributed by atoms with Crippen LogP contribution in [0, 0.1) is 0 Å². The third kappa shape index (κ3) is 7.04. The van der Waals surface area contributed by atoms with Crippen molar-refractivity contribution in [1.29, 1.82) is 0 Å². The first-order chi connectivity index (χ1) is 22.0. The van der Waals surface area contributed by atoms with Gasteiger partial charge in [-0.2, -0.15) is 0 Å². The molecular weight excluding hydrogens is 677 g/mol. The molecule has 3 fully saturated rings. The maximum atomic E-state index is 11.7. The summed E-state index contributed by atoms with van der Waals surface area (Å²) in [6.07, 6.45) is 0. The zero-order valence-corrected chi connectivity index (χ0v) is 31.8. The Morgan fingerprint density at radius 1 is 0.542 bits per heavy atom. The molecule has 5 heterocycles. The van der Waals surface area contributed by atoms with Gasteiger partial charge in [-0.3, -0.25) is 9.59 Å². The van der Waals surface area contributed by atoms with Gasteiger partial charge in [-0.15, -0.1) is 0 Å². The molecule has 0 atom stereocenters. The van der Waals surface area contributed by atoms with Gasteiger partial charge in [0.05, 0.1) is 33.6 Å². The van der Waals surface area contributed by atoms with E-state index < -0.39 is 21.1 Å². The Balaban J connectivity index is 0.000000146. The molecule has 0 bridgehead atoms. The molecule has 3 saturated heterocycles. The molecule has 0 aliphatic carbocycles. The van der Waals surface area contributed by atoms with E-state index in [0.29, 0.717) is 13.1 Å². The molecule has 0 saturated carbocycles. The molecular formula is C34H48B3BrN2O8. The topological polar surface area (TPSA) is 114 Å². The second-order valence-corrected chi connectivity index (χ2v) is 16.8. The third-order valence-corrected chi connectivity index (χ3v) is 11.4. The van der Waals surface area contributed by atoms with E-state index in [1.54, 1.807) is 0 Å². The predicted molar refractivity (Wildman–Crippen MR) is 191 cm³/mol. The molecule has 10 nitrogen and oxygen atoms in total. The van der Waals surface area contributed by atoms with E-state index in [1.807, 2.05) is 119 Å². The first-order valence-electron chi connectivity index (χ1n) is 16.5. The quantitative estimate of drug-likeness (QED) is 0.408. The number of halogens is 1. The van der Waals surface area contributed by atoms with Gasteiger partial charge in [-0.05, 0) is 118 Å². The molecule has 5 aliphatic heterocycles. The highest BCUT2D eigenvalue weighted by molar-refractivity contribution is 9.10.